The minimum Gasteiger partial charge on any atom is -0.398 e. The summed E-state index contributed by atoms with van der Waals surface area (Å²) in [5.74, 6) is -0.253. The molecular formula is C13H15ClN4OS. The molecule has 20 heavy (non-hydrogen) atoms. The molecule has 0 spiro atoms. The third kappa shape index (κ3) is 2.91. The van der Waals surface area contributed by atoms with Crippen LogP contribution in [-0.2, 0) is 12.8 Å². The molecule has 5 nitrogen and oxygen atoms in total. The lowest BCUT2D eigenvalue weighted by Crippen LogP contribution is -2.14. The van der Waals surface area contributed by atoms with Gasteiger partial charge in [0.05, 0.1) is 11.3 Å². The SMILES string of the molecule is Cl.Nc1ccncc1C(=O)Nc1nc2c(s1)CCCC2. The van der Waals surface area contributed by atoms with Crippen LogP contribution in [0.2, 0.25) is 0 Å². The zero-order valence-electron chi connectivity index (χ0n) is 10.8. The van der Waals surface area contributed by atoms with Gasteiger partial charge in [-0.25, -0.2) is 4.98 Å². The van der Waals surface area contributed by atoms with Gasteiger partial charge in [-0.1, -0.05) is 0 Å². The van der Waals surface area contributed by atoms with Crippen molar-refractivity contribution in [2.75, 3.05) is 11.1 Å². The fraction of sp³-hybridized carbons (Fsp3) is 0.308. The maximum absolute atomic E-state index is 12.1. The first kappa shape index (κ1) is 14.7. The summed E-state index contributed by atoms with van der Waals surface area (Å²) in [4.78, 5) is 21.8. The molecule has 0 saturated heterocycles. The third-order valence-electron chi connectivity index (χ3n) is 3.17. The number of thiazole rings is 1. The van der Waals surface area contributed by atoms with Crippen molar-refractivity contribution in [2.24, 2.45) is 0 Å². The summed E-state index contributed by atoms with van der Waals surface area (Å²) in [6.45, 7) is 0. The van der Waals surface area contributed by atoms with Gasteiger partial charge in [-0.2, -0.15) is 0 Å². The van der Waals surface area contributed by atoms with E-state index in [1.165, 1.54) is 23.9 Å². The maximum Gasteiger partial charge on any atom is 0.261 e. The lowest BCUT2D eigenvalue weighted by molar-refractivity contribution is 0.102. The van der Waals surface area contributed by atoms with Crippen molar-refractivity contribution in [3.63, 3.8) is 0 Å². The molecule has 0 aromatic carbocycles. The lowest BCUT2D eigenvalue weighted by atomic mass is 10.0. The number of anilines is 2. The summed E-state index contributed by atoms with van der Waals surface area (Å²) in [6.07, 6.45) is 7.50. The van der Waals surface area contributed by atoms with Crippen LogP contribution in [0.15, 0.2) is 18.5 Å². The number of pyridine rings is 1. The van der Waals surface area contributed by atoms with E-state index >= 15 is 0 Å². The Hall–Kier alpha value is -1.66. The van der Waals surface area contributed by atoms with E-state index in [-0.39, 0.29) is 18.3 Å². The highest BCUT2D eigenvalue weighted by Crippen LogP contribution is 2.29. The number of fused-ring (bicyclic) bond motifs is 1. The van der Waals surface area contributed by atoms with Gasteiger partial charge in [0.2, 0.25) is 0 Å². The minimum absolute atomic E-state index is 0. The Morgan fingerprint density at radius 2 is 2.15 bits per heavy atom. The number of carbonyl (C=O) groups excluding carboxylic acids is 1. The molecule has 1 amide bonds. The fourth-order valence-corrected chi connectivity index (χ4v) is 3.21. The molecule has 0 aliphatic heterocycles. The number of carbonyl (C=O) groups is 1. The second-order valence-corrected chi connectivity index (χ2v) is 5.60. The first-order chi connectivity index (χ1) is 9.24. The average Bonchev–Trinajstić information content (AvgIpc) is 2.81. The van der Waals surface area contributed by atoms with E-state index in [0.29, 0.717) is 16.4 Å². The summed E-state index contributed by atoms with van der Waals surface area (Å²) >= 11 is 1.56. The van der Waals surface area contributed by atoms with Crippen molar-refractivity contribution in [2.45, 2.75) is 25.7 Å². The number of amides is 1. The summed E-state index contributed by atoms with van der Waals surface area (Å²) in [5.41, 5.74) is 7.69. The molecule has 0 bridgehead atoms. The van der Waals surface area contributed by atoms with E-state index in [0.717, 1.165) is 18.5 Å². The number of hydrogen-bond donors (Lipinski definition) is 2. The van der Waals surface area contributed by atoms with Crippen LogP contribution in [-0.4, -0.2) is 15.9 Å². The van der Waals surface area contributed by atoms with E-state index < -0.39 is 0 Å². The lowest BCUT2D eigenvalue weighted by Gasteiger charge is -2.06. The number of aryl methyl sites for hydroxylation is 2. The average molecular weight is 311 g/mol. The van der Waals surface area contributed by atoms with Crippen molar-refractivity contribution in [3.8, 4) is 0 Å². The van der Waals surface area contributed by atoms with Gasteiger partial charge in [0, 0.05) is 23.0 Å². The molecule has 1 aliphatic carbocycles. The second kappa shape index (κ2) is 6.19. The second-order valence-electron chi connectivity index (χ2n) is 4.51. The van der Waals surface area contributed by atoms with Gasteiger partial charge in [-0.15, -0.1) is 23.7 Å². The number of aromatic nitrogens is 2. The van der Waals surface area contributed by atoms with E-state index in [1.54, 1.807) is 23.6 Å². The van der Waals surface area contributed by atoms with Gasteiger partial charge in [0.15, 0.2) is 5.13 Å². The molecule has 0 unspecified atom stereocenters. The van der Waals surface area contributed by atoms with Crippen LogP contribution in [0.5, 0.6) is 0 Å². The van der Waals surface area contributed by atoms with Crippen LogP contribution >= 0.6 is 23.7 Å². The van der Waals surface area contributed by atoms with Crippen LogP contribution in [0.4, 0.5) is 10.8 Å². The quantitative estimate of drug-likeness (QED) is 0.893. The zero-order chi connectivity index (χ0) is 13.2. The predicted octanol–water partition coefficient (Wildman–Crippen LogP) is 2.67. The molecule has 106 valence electrons. The third-order valence-corrected chi connectivity index (χ3v) is 4.24. The van der Waals surface area contributed by atoms with Crippen LogP contribution in [0.1, 0.15) is 33.8 Å². The number of nitrogens with zero attached hydrogens (tertiary/aromatic N) is 2. The fourth-order valence-electron chi connectivity index (χ4n) is 2.16. The smallest absolute Gasteiger partial charge is 0.261 e. The van der Waals surface area contributed by atoms with Crippen molar-refractivity contribution >= 4 is 40.5 Å². The summed E-state index contributed by atoms with van der Waals surface area (Å²) in [7, 11) is 0. The summed E-state index contributed by atoms with van der Waals surface area (Å²) in [6, 6.07) is 1.61. The standard InChI is InChI=1S/C13H14N4OS.ClH/c14-9-5-6-15-7-8(9)12(18)17-13-16-10-3-1-2-4-11(10)19-13;/h5-7H,1-4H2,(H2,14,15)(H,16,17,18);1H. The Bertz CT molecular complexity index is 605. The molecule has 2 heterocycles. The first-order valence-corrected chi connectivity index (χ1v) is 7.05. The van der Waals surface area contributed by atoms with E-state index in [1.807, 2.05) is 0 Å². The summed E-state index contributed by atoms with van der Waals surface area (Å²) < 4.78 is 0. The Kier molecular flexibility index (Phi) is 4.57. The Labute approximate surface area is 127 Å². The van der Waals surface area contributed by atoms with Gasteiger partial charge in [-0.05, 0) is 31.7 Å². The highest BCUT2D eigenvalue weighted by atomic mass is 35.5. The van der Waals surface area contributed by atoms with Crippen molar-refractivity contribution < 1.29 is 4.79 Å². The number of hydrogen-bond acceptors (Lipinski definition) is 5. The van der Waals surface area contributed by atoms with Crippen molar-refractivity contribution in [1.29, 1.82) is 0 Å². The Balaban J connectivity index is 0.00000147. The molecule has 2 aromatic rings. The van der Waals surface area contributed by atoms with Crippen LogP contribution in [0, 0.1) is 0 Å². The molecule has 3 N–H and O–H groups in total. The molecule has 0 atom stereocenters. The van der Waals surface area contributed by atoms with E-state index in [4.69, 9.17) is 5.73 Å². The van der Waals surface area contributed by atoms with Gasteiger partial charge >= 0.3 is 0 Å². The number of nitrogen functional groups attached to an aromatic ring is 1. The van der Waals surface area contributed by atoms with Crippen LogP contribution in [0.3, 0.4) is 0 Å². The van der Waals surface area contributed by atoms with Gasteiger partial charge in [-0.3, -0.25) is 15.1 Å². The molecular weight excluding hydrogens is 296 g/mol. The number of nitrogens with two attached hydrogens (primary N) is 1. The number of nitrogens with one attached hydrogen (secondary N) is 1. The predicted molar refractivity (Wildman–Crippen MR) is 82.6 cm³/mol. The maximum atomic E-state index is 12.1. The number of halogens is 1. The molecule has 3 rings (SSSR count). The zero-order valence-corrected chi connectivity index (χ0v) is 12.4. The highest BCUT2D eigenvalue weighted by Gasteiger charge is 2.17. The molecule has 0 fully saturated rings. The topological polar surface area (TPSA) is 80.9 Å². The van der Waals surface area contributed by atoms with Crippen molar-refractivity contribution in [1.82, 2.24) is 9.97 Å². The van der Waals surface area contributed by atoms with Crippen LogP contribution in [0.25, 0.3) is 0 Å². The van der Waals surface area contributed by atoms with Gasteiger partial charge in [0.25, 0.3) is 5.91 Å². The van der Waals surface area contributed by atoms with E-state index in [9.17, 15) is 4.79 Å². The largest absolute Gasteiger partial charge is 0.398 e. The molecule has 2 aromatic heterocycles. The monoisotopic (exact) mass is 310 g/mol. The van der Waals surface area contributed by atoms with Gasteiger partial charge < -0.3 is 5.73 Å². The molecule has 1 aliphatic rings. The normalized spacial score (nSPS) is 13.2. The van der Waals surface area contributed by atoms with Gasteiger partial charge in [0.1, 0.15) is 0 Å². The first-order valence-electron chi connectivity index (χ1n) is 6.23. The Morgan fingerprint density at radius 1 is 1.35 bits per heavy atom. The van der Waals surface area contributed by atoms with E-state index in [2.05, 4.69) is 15.3 Å². The summed E-state index contributed by atoms with van der Waals surface area (Å²) in [5, 5.41) is 3.46. The Morgan fingerprint density at radius 3 is 2.90 bits per heavy atom. The van der Waals surface area contributed by atoms with Crippen LogP contribution < -0.4 is 11.1 Å². The molecule has 0 saturated carbocycles. The minimum atomic E-state index is -0.253. The number of rotatable bonds is 2. The van der Waals surface area contributed by atoms with Crippen molar-refractivity contribution in [3.05, 3.63) is 34.6 Å². The molecule has 7 heteroatoms. The highest BCUT2D eigenvalue weighted by molar-refractivity contribution is 7.15. The molecule has 0 radical (unpaired) electrons.